The summed E-state index contributed by atoms with van der Waals surface area (Å²) in [7, 11) is 0. The second kappa shape index (κ2) is 8.79. The lowest BCUT2D eigenvalue weighted by molar-refractivity contribution is -0.141. The molecule has 3 rings (SSSR count). The van der Waals surface area contributed by atoms with Gasteiger partial charge in [-0.05, 0) is 38.2 Å². The van der Waals surface area contributed by atoms with Crippen molar-refractivity contribution >= 4 is 11.9 Å². The quantitative estimate of drug-likeness (QED) is 0.665. The molecule has 1 aromatic carbocycles. The molecule has 0 saturated heterocycles. The van der Waals surface area contributed by atoms with Crippen molar-refractivity contribution in [3.05, 3.63) is 47.1 Å². The largest absolute Gasteiger partial charge is 0.481 e. The lowest BCUT2D eigenvalue weighted by Crippen LogP contribution is -2.34. The van der Waals surface area contributed by atoms with E-state index in [1.165, 1.54) is 0 Å². The van der Waals surface area contributed by atoms with Gasteiger partial charge >= 0.3 is 5.97 Å². The number of benzene rings is 1. The molecule has 2 N–H and O–H groups in total. The number of carbonyl (C=O) groups is 2. The molecule has 1 heterocycles. The van der Waals surface area contributed by atoms with E-state index >= 15 is 0 Å². The summed E-state index contributed by atoms with van der Waals surface area (Å²) in [6, 6.07) is 7.76. The molecule has 7 nitrogen and oxygen atoms in total. The number of aryl methyl sites for hydroxylation is 2. The maximum absolute atomic E-state index is 12.0. The number of rotatable bonds is 10. The SMILES string of the molecule is Cc1cccc(CC(CNC(=O)CCCc2nc(C3CC3)no2)C(=O)O)c1. The van der Waals surface area contributed by atoms with Crippen LogP contribution in [0.5, 0.6) is 0 Å². The molecular formula is C20H25N3O4. The molecule has 144 valence electrons. The third kappa shape index (κ3) is 5.91. The first-order chi connectivity index (χ1) is 13.0. The van der Waals surface area contributed by atoms with E-state index in [0.29, 0.717) is 37.5 Å². The van der Waals surface area contributed by atoms with Crippen molar-refractivity contribution in [1.82, 2.24) is 15.5 Å². The van der Waals surface area contributed by atoms with E-state index in [2.05, 4.69) is 15.5 Å². The molecule has 1 amide bonds. The second-order valence-corrected chi connectivity index (χ2v) is 7.21. The zero-order valence-corrected chi connectivity index (χ0v) is 15.5. The van der Waals surface area contributed by atoms with Crippen molar-refractivity contribution < 1.29 is 19.2 Å². The van der Waals surface area contributed by atoms with Crippen molar-refractivity contribution in [3.63, 3.8) is 0 Å². The summed E-state index contributed by atoms with van der Waals surface area (Å²) >= 11 is 0. The Kier molecular flexibility index (Phi) is 6.21. The standard InChI is InChI=1S/C20H25N3O4/c1-13-4-2-5-14(10-13)11-16(20(25)26)12-21-17(24)6-3-7-18-22-19(23-27-18)15-8-9-15/h2,4-5,10,15-16H,3,6-9,11-12H2,1H3,(H,21,24)(H,25,26). The molecule has 2 aromatic rings. The molecule has 0 bridgehead atoms. The van der Waals surface area contributed by atoms with Crippen LogP contribution in [0.25, 0.3) is 0 Å². The number of carbonyl (C=O) groups excluding carboxylic acids is 1. The fourth-order valence-electron chi connectivity index (χ4n) is 2.97. The molecule has 1 saturated carbocycles. The van der Waals surface area contributed by atoms with Crippen LogP contribution in [-0.4, -0.2) is 33.7 Å². The van der Waals surface area contributed by atoms with E-state index in [-0.39, 0.29) is 12.5 Å². The summed E-state index contributed by atoms with van der Waals surface area (Å²) in [6.45, 7) is 2.09. The van der Waals surface area contributed by atoms with Gasteiger partial charge in [0.1, 0.15) is 0 Å². The predicted molar refractivity (Wildman–Crippen MR) is 98.2 cm³/mol. The fraction of sp³-hybridized carbons (Fsp3) is 0.500. The Hall–Kier alpha value is -2.70. The molecule has 1 aliphatic carbocycles. The molecule has 7 heteroatoms. The number of aliphatic carboxylic acids is 1. The van der Waals surface area contributed by atoms with Crippen molar-refractivity contribution in [2.75, 3.05) is 6.54 Å². The van der Waals surface area contributed by atoms with Gasteiger partial charge in [-0.15, -0.1) is 0 Å². The first-order valence-electron chi connectivity index (χ1n) is 9.39. The first kappa shape index (κ1) is 19.1. The van der Waals surface area contributed by atoms with Crippen LogP contribution in [0.4, 0.5) is 0 Å². The van der Waals surface area contributed by atoms with Gasteiger partial charge in [-0.3, -0.25) is 9.59 Å². The van der Waals surface area contributed by atoms with E-state index in [1.807, 2.05) is 31.2 Å². The minimum atomic E-state index is -0.907. The number of hydrogen-bond donors (Lipinski definition) is 2. The third-order valence-electron chi connectivity index (χ3n) is 4.68. The van der Waals surface area contributed by atoms with Crippen molar-refractivity contribution in [1.29, 1.82) is 0 Å². The molecule has 1 unspecified atom stereocenters. The van der Waals surface area contributed by atoms with Gasteiger partial charge in [0.25, 0.3) is 0 Å². The van der Waals surface area contributed by atoms with Crippen LogP contribution >= 0.6 is 0 Å². The summed E-state index contributed by atoms with van der Waals surface area (Å²) < 4.78 is 5.18. The zero-order valence-electron chi connectivity index (χ0n) is 15.5. The van der Waals surface area contributed by atoms with Gasteiger partial charge in [-0.1, -0.05) is 35.0 Å². The highest BCUT2D eigenvalue weighted by molar-refractivity contribution is 5.77. The zero-order chi connectivity index (χ0) is 19.2. The molecule has 1 aromatic heterocycles. The minimum Gasteiger partial charge on any atom is -0.481 e. The molecule has 1 atom stereocenters. The maximum Gasteiger partial charge on any atom is 0.308 e. The van der Waals surface area contributed by atoms with Crippen LogP contribution in [0, 0.1) is 12.8 Å². The number of nitrogens with one attached hydrogen (secondary N) is 1. The predicted octanol–water partition coefficient (Wildman–Crippen LogP) is 2.64. The Balaban J connectivity index is 1.39. The number of carboxylic acid groups (broad SMARTS) is 1. The minimum absolute atomic E-state index is 0.120. The molecule has 27 heavy (non-hydrogen) atoms. The molecule has 1 fully saturated rings. The lowest BCUT2D eigenvalue weighted by atomic mass is 9.98. The van der Waals surface area contributed by atoms with Gasteiger partial charge in [-0.2, -0.15) is 4.98 Å². The van der Waals surface area contributed by atoms with Crippen LogP contribution in [-0.2, 0) is 22.4 Å². The Morgan fingerprint density at radius 2 is 2.19 bits per heavy atom. The summed E-state index contributed by atoms with van der Waals surface area (Å²) in [4.78, 5) is 27.8. The Bertz CT molecular complexity index is 798. The van der Waals surface area contributed by atoms with Gasteiger partial charge in [0.15, 0.2) is 5.82 Å². The van der Waals surface area contributed by atoms with Crippen LogP contribution < -0.4 is 5.32 Å². The molecule has 1 aliphatic rings. The number of hydrogen-bond acceptors (Lipinski definition) is 5. The van der Waals surface area contributed by atoms with Crippen molar-refractivity contribution in [3.8, 4) is 0 Å². The number of carboxylic acids is 1. The number of nitrogens with zero attached hydrogens (tertiary/aromatic N) is 2. The average molecular weight is 371 g/mol. The molecule has 0 spiro atoms. The van der Waals surface area contributed by atoms with E-state index in [4.69, 9.17) is 4.52 Å². The van der Waals surface area contributed by atoms with Crippen LogP contribution in [0.1, 0.15) is 54.4 Å². The lowest BCUT2D eigenvalue weighted by Gasteiger charge is -2.14. The van der Waals surface area contributed by atoms with Crippen LogP contribution in [0.15, 0.2) is 28.8 Å². The van der Waals surface area contributed by atoms with Gasteiger partial charge in [0, 0.05) is 25.3 Å². The summed E-state index contributed by atoms with van der Waals surface area (Å²) in [5, 5.41) is 16.1. The second-order valence-electron chi connectivity index (χ2n) is 7.21. The van der Waals surface area contributed by atoms with Gasteiger partial charge in [0.2, 0.25) is 11.8 Å². The Morgan fingerprint density at radius 3 is 2.89 bits per heavy atom. The van der Waals surface area contributed by atoms with Crippen LogP contribution in [0.3, 0.4) is 0 Å². The van der Waals surface area contributed by atoms with Gasteiger partial charge in [0.05, 0.1) is 5.92 Å². The van der Waals surface area contributed by atoms with Crippen LogP contribution in [0.2, 0.25) is 0 Å². The van der Waals surface area contributed by atoms with E-state index in [9.17, 15) is 14.7 Å². The summed E-state index contributed by atoms with van der Waals surface area (Å²) in [5.74, 6) is 0.0742. The Labute approximate surface area is 158 Å². The van der Waals surface area contributed by atoms with Gasteiger partial charge < -0.3 is 14.9 Å². The monoisotopic (exact) mass is 371 g/mol. The highest BCUT2D eigenvalue weighted by Crippen LogP contribution is 2.38. The first-order valence-corrected chi connectivity index (χ1v) is 9.39. The van der Waals surface area contributed by atoms with Crippen molar-refractivity contribution in [2.45, 2.75) is 51.4 Å². The highest BCUT2D eigenvalue weighted by atomic mass is 16.5. The Morgan fingerprint density at radius 1 is 1.37 bits per heavy atom. The number of amides is 1. The van der Waals surface area contributed by atoms with Gasteiger partial charge in [-0.25, -0.2) is 0 Å². The molecular weight excluding hydrogens is 346 g/mol. The number of aromatic nitrogens is 2. The average Bonchev–Trinajstić information content (AvgIpc) is 3.37. The fourth-order valence-corrected chi connectivity index (χ4v) is 2.97. The molecule has 0 radical (unpaired) electrons. The molecule has 0 aliphatic heterocycles. The normalized spacial score (nSPS) is 14.7. The van der Waals surface area contributed by atoms with E-state index < -0.39 is 11.9 Å². The van der Waals surface area contributed by atoms with E-state index in [0.717, 1.165) is 29.8 Å². The maximum atomic E-state index is 12.0. The topological polar surface area (TPSA) is 105 Å². The van der Waals surface area contributed by atoms with Crippen molar-refractivity contribution in [2.24, 2.45) is 5.92 Å². The van der Waals surface area contributed by atoms with E-state index in [1.54, 1.807) is 0 Å². The highest BCUT2D eigenvalue weighted by Gasteiger charge is 2.28. The third-order valence-corrected chi connectivity index (χ3v) is 4.68. The summed E-state index contributed by atoms with van der Waals surface area (Å²) in [6.07, 6.45) is 4.08. The summed E-state index contributed by atoms with van der Waals surface area (Å²) in [5.41, 5.74) is 2.05. The smallest absolute Gasteiger partial charge is 0.308 e.